The number of rotatable bonds is 3. The summed E-state index contributed by atoms with van der Waals surface area (Å²) >= 11 is 0. The average molecular weight is 341 g/mol. The van der Waals surface area contributed by atoms with Crippen molar-refractivity contribution < 1.29 is 18.0 Å². The number of hydrogen-bond donors (Lipinski definition) is 3. The number of benzene rings is 1. The van der Waals surface area contributed by atoms with E-state index in [1.165, 1.54) is 24.3 Å². The van der Waals surface area contributed by atoms with E-state index in [1.807, 2.05) is 7.05 Å². The van der Waals surface area contributed by atoms with Crippen LogP contribution in [0, 0.1) is 0 Å². The molecule has 4 N–H and O–H groups in total. The Bertz CT molecular complexity index is 681. The number of carbonyl (C=O) groups excluding carboxylic acids is 2. The Labute approximate surface area is 134 Å². The summed E-state index contributed by atoms with van der Waals surface area (Å²) in [4.78, 5) is 25.7. The van der Waals surface area contributed by atoms with Gasteiger partial charge in [0.2, 0.25) is 10.0 Å². The normalized spacial score (nSPS) is 16.8. The number of amides is 2. The minimum Gasteiger partial charge on any atom is -0.318 e. The van der Waals surface area contributed by atoms with Crippen LogP contribution in [-0.2, 0) is 19.6 Å². The highest BCUT2D eigenvalue weighted by atomic mass is 32.2. The summed E-state index contributed by atoms with van der Waals surface area (Å²) in [6.07, 6.45) is 0. The van der Waals surface area contributed by atoms with Crippen molar-refractivity contribution in [2.75, 3.05) is 38.5 Å². The monoisotopic (exact) mass is 341 g/mol. The number of likely N-dealkylation sites (N-methyl/N-ethyl adjacent to an activating group) is 1. The van der Waals surface area contributed by atoms with Gasteiger partial charge in [0.05, 0.1) is 4.90 Å². The maximum absolute atomic E-state index is 11.8. The standard InChI is InChI=1S/C13H19N5O4S/c1-17-6-8-18(9-7-17)16-13(20)12(19)15-10-2-4-11(5-3-10)23(14,21)22/h2-5H,6-9H2,1H3,(H,15,19)(H,16,20)(H2,14,21,22). The third-order valence-electron chi connectivity index (χ3n) is 3.41. The van der Waals surface area contributed by atoms with Crippen molar-refractivity contribution in [3.05, 3.63) is 24.3 Å². The molecule has 126 valence electrons. The molecule has 0 radical (unpaired) electrons. The predicted octanol–water partition coefficient (Wildman–Crippen LogP) is -1.45. The van der Waals surface area contributed by atoms with Crippen LogP contribution in [0.5, 0.6) is 0 Å². The molecule has 1 aromatic carbocycles. The first-order chi connectivity index (χ1) is 10.8. The summed E-state index contributed by atoms with van der Waals surface area (Å²) in [5.41, 5.74) is 2.84. The molecule has 0 saturated carbocycles. The van der Waals surface area contributed by atoms with Crippen LogP contribution in [-0.4, -0.2) is 63.4 Å². The summed E-state index contributed by atoms with van der Waals surface area (Å²) in [7, 11) is -1.81. The lowest BCUT2D eigenvalue weighted by Crippen LogP contribution is -2.54. The smallest absolute Gasteiger partial charge is 0.318 e. The van der Waals surface area contributed by atoms with E-state index in [4.69, 9.17) is 5.14 Å². The molecule has 0 aromatic heterocycles. The van der Waals surface area contributed by atoms with Gasteiger partial charge in [0, 0.05) is 31.9 Å². The van der Waals surface area contributed by atoms with Crippen LogP contribution in [0.25, 0.3) is 0 Å². The zero-order valence-corrected chi connectivity index (χ0v) is 13.5. The fourth-order valence-corrected chi connectivity index (χ4v) is 2.54. The maximum atomic E-state index is 11.8. The van der Waals surface area contributed by atoms with Gasteiger partial charge in [0.1, 0.15) is 0 Å². The molecular formula is C13H19N5O4S. The van der Waals surface area contributed by atoms with Crippen LogP contribution in [0.3, 0.4) is 0 Å². The molecule has 2 amide bonds. The van der Waals surface area contributed by atoms with Gasteiger partial charge in [0.25, 0.3) is 0 Å². The number of nitrogens with one attached hydrogen (secondary N) is 2. The number of piperazine rings is 1. The lowest BCUT2D eigenvalue weighted by molar-refractivity contribution is -0.139. The van der Waals surface area contributed by atoms with Crippen LogP contribution in [0.15, 0.2) is 29.2 Å². The van der Waals surface area contributed by atoms with E-state index in [-0.39, 0.29) is 4.90 Å². The van der Waals surface area contributed by atoms with Gasteiger partial charge in [0.15, 0.2) is 0 Å². The first-order valence-electron chi connectivity index (χ1n) is 6.94. The Morgan fingerprint density at radius 1 is 1.04 bits per heavy atom. The highest BCUT2D eigenvalue weighted by molar-refractivity contribution is 7.89. The van der Waals surface area contributed by atoms with E-state index in [0.717, 1.165) is 13.1 Å². The second-order valence-electron chi connectivity index (χ2n) is 5.25. The third-order valence-corrected chi connectivity index (χ3v) is 4.34. The second kappa shape index (κ2) is 7.04. The Kier molecular flexibility index (Phi) is 5.31. The minimum absolute atomic E-state index is 0.0719. The molecule has 1 aromatic rings. The number of nitrogens with two attached hydrogens (primary N) is 1. The largest absolute Gasteiger partial charge is 0.323 e. The molecule has 1 fully saturated rings. The highest BCUT2D eigenvalue weighted by Crippen LogP contribution is 2.12. The quantitative estimate of drug-likeness (QED) is 0.578. The van der Waals surface area contributed by atoms with E-state index in [2.05, 4.69) is 15.6 Å². The first kappa shape index (κ1) is 17.3. The van der Waals surface area contributed by atoms with Crippen molar-refractivity contribution in [1.82, 2.24) is 15.3 Å². The molecule has 1 heterocycles. The average Bonchev–Trinajstić information content (AvgIpc) is 2.49. The van der Waals surface area contributed by atoms with Gasteiger partial charge < -0.3 is 10.2 Å². The van der Waals surface area contributed by atoms with Crippen LogP contribution >= 0.6 is 0 Å². The zero-order valence-electron chi connectivity index (χ0n) is 12.7. The molecular weight excluding hydrogens is 322 g/mol. The molecule has 0 bridgehead atoms. The molecule has 0 atom stereocenters. The Hall–Kier alpha value is -2.01. The van der Waals surface area contributed by atoms with Crippen LogP contribution in [0.2, 0.25) is 0 Å². The van der Waals surface area contributed by atoms with Crippen LogP contribution in [0.4, 0.5) is 5.69 Å². The number of nitrogens with zero attached hydrogens (tertiary/aromatic N) is 2. The lowest BCUT2D eigenvalue weighted by Gasteiger charge is -2.32. The fourth-order valence-electron chi connectivity index (χ4n) is 2.03. The lowest BCUT2D eigenvalue weighted by atomic mass is 10.3. The Morgan fingerprint density at radius 2 is 1.61 bits per heavy atom. The predicted molar refractivity (Wildman–Crippen MR) is 83.7 cm³/mol. The van der Waals surface area contributed by atoms with E-state index in [1.54, 1.807) is 5.01 Å². The number of sulfonamides is 1. The Morgan fingerprint density at radius 3 is 2.13 bits per heavy atom. The van der Waals surface area contributed by atoms with Gasteiger partial charge in [-0.05, 0) is 31.3 Å². The molecule has 0 spiro atoms. The number of anilines is 1. The molecule has 1 saturated heterocycles. The molecule has 1 aliphatic heterocycles. The van der Waals surface area contributed by atoms with Crippen LogP contribution in [0.1, 0.15) is 0 Å². The first-order valence-corrected chi connectivity index (χ1v) is 8.48. The number of carbonyl (C=O) groups is 2. The molecule has 10 heteroatoms. The summed E-state index contributed by atoms with van der Waals surface area (Å²) in [6.45, 7) is 2.88. The van der Waals surface area contributed by atoms with Gasteiger partial charge in [-0.1, -0.05) is 0 Å². The van der Waals surface area contributed by atoms with Crippen molar-refractivity contribution in [2.45, 2.75) is 4.90 Å². The summed E-state index contributed by atoms with van der Waals surface area (Å²) in [5.74, 6) is -1.60. The Balaban J connectivity index is 1.89. The zero-order chi connectivity index (χ0) is 17.0. The molecule has 0 unspecified atom stereocenters. The number of primary sulfonamides is 1. The molecule has 2 rings (SSSR count). The van der Waals surface area contributed by atoms with Gasteiger partial charge in [-0.25, -0.2) is 18.6 Å². The van der Waals surface area contributed by atoms with E-state index in [9.17, 15) is 18.0 Å². The van der Waals surface area contributed by atoms with Gasteiger partial charge in [-0.15, -0.1) is 0 Å². The van der Waals surface area contributed by atoms with Crippen molar-refractivity contribution in [3.63, 3.8) is 0 Å². The fraction of sp³-hybridized carbons (Fsp3) is 0.385. The molecule has 1 aliphatic rings. The molecule has 23 heavy (non-hydrogen) atoms. The SMILES string of the molecule is CN1CCN(NC(=O)C(=O)Nc2ccc(S(N)(=O)=O)cc2)CC1. The van der Waals surface area contributed by atoms with Crippen molar-refractivity contribution in [2.24, 2.45) is 5.14 Å². The van der Waals surface area contributed by atoms with E-state index in [0.29, 0.717) is 18.8 Å². The summed E-state index contributed by atoms with van der Waals surface area (Å²) in [5, 5.41) is 9.06. The molecule has 0 aliphatic carbocycles. The molecule has 9 nitrogen and oxygen atoms in total. The van der Waals surface area contributed by atoms with Gasteiger partial charge in [-0.3, -0.25) is 15.0 Å². The minimum atomic E-state index is -3.79. The number of hydrogen-bond acceptors (Lipinski definition) is 6. The van der Waals surface area contributed by atoms with Crippen molar-refractivity contribution in [3.8, 4) is 0 Å². The third kappa shape index (κ3) is 4.99. The number of hydrazine groups is 1. The summed E-state index contributed by atoms with van der Waals surface area (Å²) < 4.78 is 22.3. The van der Waals surface area contributed by atoms with Gasteiger partial charge in [-0.2, -0.15) is 0 Å². The topological polar surface area (TPSA) is 125 Å². The van der Waals surface area contributed by atoms with E-state index < -0.39 is 21.8 Å². The maximum Gasteiger partial charge on any atom is 0.323 e. The van der Waals surface area contributed by atoms with Gasteiger partial charge >= 0.3 is 11.8 Å². The van der Waals surface area contributed by atoms with Crippen molar-refractivity contribution in [1.29, 1.82) is 0 Å². The van der Waals surface area contributed by atoms with Crippen molar-refractivity contribution >= 4 is 27.5 Å². The highest BCUT2D eigenvalue weighted by Gasteiger charge is 2.20. The second-order valence-corrected chi connectivity index (χ2v) is 6.82. The van der Waals surface area contributed by atoms with E-state index >= 15 is 0 Å². The summed E-state index contributed by atoms with van der Waals surface area (Å²) in [6, 6.07) is 5.23. The van der Waals surface area contributed by atoms with Crippen LogP contribution < -0.4 is 15.9 Å².